The fraction of sp³-hybridized carbons (Fsp3) is 0.0256. The molecular weight excluding hydrogens is 702 g/mol. The van der Waals surface area contributed by atoms with Gasteiger partial charge in [-0.2, -0.15) is 0 Å². The summed E-state index contributed by atoms with van der Waals surface area (Å²) in [5, 5.41) is 20.8. The van der Waals surface area contributed by atoms with Crippen molar-refractivity contribution >= 4 is 63.4 Å². The molecule has 0 aliphatic carbocycles. The van der Waals surface area contributed by atoms with Crippen molar-refractivity contribution in [2.24, 2.45) is 0 Å². The molecule has 10 nitrogen and oxygen atoms in total. The standard InChI is InChI=1S/C39H28FN5O5S2/c40-32-20-8-7-15-27(32)22-33(42-36(46)26-13-5-2-6-14-26)37(47)41-29-17-10-19-31(23-29)52-35(25-11-3-1-4-12-25)38(48)44-39-43-34(24-51-39)28-16-9-18-30(21-28)45(49)50/h1-24,35H,(H,41,47)(H,42,46)(H,43,44,48)/b33-22-. The normalized spacial score (nSPS) is 11.7. The summed E-state index contributed by atoms with van der Waals surface area (Å²) in [6, 6.07) is 36.3. The van der Waals surface area contributed by atoms with Crippen molar-refractivity contribution in [1.29, 1.82) is 0 Å². The van der Waals surface area contributed by atoms with Crippen LogP contribution in [-0.4, -0.2) is 27.6 Å². The summed E-state index contributed by atoms with van der Waals surface area (Å²) in [5.74, 6) is -2.15. The third kappa shape index (κ3) is 9.01. The van der Waals surface area contributed by atoms with Crippen molar-refractivity contribution in [3.63, 3.8) is 0 Å². The summed E-state index contributed by atoms with van der Waals surface area (Å²) in [4.78, 5) is 56.3. The Kier molecular flexibility index (Phi) is 11.2. The van der Waals surface area contributed by atoms with Gasteiger partial charge in [-0.1, -0.05) is 84.9 Å². The largest absolute Gasteiger partial charge is 0.321 e. The molecule has 13 heteroatoms. The lowest BCUT2D eigenvalue weighted by Gasteiger charge is -2.17. The maximum atomic E-state index is 14.6. The second kappa shape index (κ2) is 16.5. The first-order chi connectivity index (χ1) is 25.2. The van der Waals surface area contributed by atoms with Crippen LogP contribution in [0, 0.1) is 15.9 Å². The van der Waals surface area contributed by atoms with Crippen molar-refractivity contribution in [2.45, 2.75) is 10.1 Å². The molecule has 0 saturated carbocycles. The van der Waals surface area contributed by atoms with Crippen LogP contribution < -0.4 is 16.0 Å². The van der Waals surface area contributed by atoms with E-state index in [1.54, 1.807) is 78.2 Å². The summed E-state index contributed by atoms with van der Waals surface area (Å²) in [5.41, 5.74) is 2.31. The summed E-state index contributed by atoms with van der Waals surface area (Å²) >= 11 is 2.44. The number of anilines is 2. The molecule has 0 aliphatic rings. The third-order valence-electron chi connectivity index (χ3n) is 7.51. The van der Waals surface area contributed by atoms with Crippen LogP contribution in [0.4, 0.5) is 20.9 Å². The van der Waals surface area contributed by atoms with E-state index in [1.807, 2.05) is 30.3 Å². The highest BCUT2D eigenvalue weighted by Gasteiger charge is 2.24. The van der Waals surface area contributed by atoms with Gasteiger partial charge in [-0.05, 0) is 48.0 Å². The van der Waals surface area contributed by atoms with Gasteiger partial charge in [-0.3, -0.25) is 24.5 Å². The predicted octanol–water partition coefficient (Wildman–Crippen LogP) is 8.74. The van der Waals surface area contributed by atoms with Gasteiger partial charge in [0, 0.05) is 44.8 Å². The molecule has 1 unspecified atom stereocenters. The Morgan fingerprint density at radius 3 is 2.29 bits per heavy atom. The van der Waals surface area contributed by atoms with Crippen LogP contribution in [0.1, 0.15) is 26.7 Å². The Balaban J connectivity index is 1.21. The number of nitrogens with zero attached hydrogens (tertiary/aromatic N) is 2. The summed E-state index contributed by atoms with van der Waals surface area (Å²) < 4.78 is 14.6. The van der Waals surface area contributed by atoms with E-state index in [1.165, 1.54) is 59.5 Å². The number of benzene rings is 5. The summed E-state index contributed by atoms with van der Waals surface area (Å²) in [6.07, 6.45) is 1.27. The molecule has 0 bridgehead atoms. The van der Waals surface area contributed by atoms with Gasteiger partial charge in [0.05, 0.1) is 10.6 Å². The van der Waals surface area contributed by atoms with E-state index >= 15 is 0 Å². The molecule has 52 heavy (non-hydrogen) atoms. The highest BCUT2D eigenvalue weighted by atomic mass is 32.2. The zero-order valence-electron chi connectivity index (χ0n) is 27.1. The number of halogens is 1. The van der Waals surface area contributed by atoms with E-state index in [2.05, 4.69) is 20.9 Å². The fourth-order valence-corrected chi connectivity index (χ4v) is 6.79. The van der Waals surface area contributed by atoms with Crippen molar-refractivity contribution in [3.05, 3.63) is 177 Å². The molecule has 1 heterocycles. The second-order valence-electron chi connectivity index (χ2n) is 11.1. The number of nitro benzene ring substituents is 1. The molecule has 1 aromatic heterocycles. The number of aromatic nitrogens is 1. The van der Waals surface area contributed by atoms with Crippen molar-refractivity contribution in [1.82, 2.24) is 10.3 Å². The average molecular weight is 730 g/mol. The van der Waals surface area contributed by atoms with E-state index in [0.717, 1.165) is 0 Å². The van der Waals surface area contributed by atoms with Crippen LogP contribution in [0.15, 0.2) is 149 Å². The van der Waals surface area contributed by atoms with Gasteiger partial charge in [0.1, 0.15) is 16.8 Å². The first-order valence-electron chi connectivity index (χ1n) is 15.7. The van der Waals surface area contributed by atoms with E-state index in [4.69, 9.17) is 0 Å². The van der Waals surface area contributed by atoms with Gasteiger partial charge in [-0.15, -0.1) is 23.1 Å². The van der Waals surface area contributed by atoms with Gasteiger partial charge in [0.15, 0.2) is 5.13 Å². The zero-order chi connectivity index (χ0) is 36.5. The summed E-state index contributed by atoms with van der Waals surface area (Å²) in [7, 11) is 0. The number of hydrogen-bond donors (Lipinski definition) is 3. The molecule has 0 aliphatic heterocycles. The van der Waals surface area contributed by atoms with E-state index in [0.29, 0.717) is 38.1 Å². The van der Waals surface area contributed by atoms with Crippen molar-refractivity contribution in [2.75, 3.05) is 10.6 Å². The average Bonchev–Trinajstić information content (AvgIpc) is 3.63. The van der Waals surface area contributed by atoms with E-state index < -0.39 is 27.8 Å². The third-order valence-corrected chi connectivity index (χ3v) is 9.51. The highest BCUT2D eigenvalue weighted by molar-refractivity contribution is 8.00. The molecular formula is C39H28FN5O5S2. The number of thiazole rings is 1. The molecule has 258 valence electrons. The van der Waals surface area contributed by atoms with Gasteiger partial charge >= 0.3 is 0 Å². The van der Waals surface area contributed by atoms with Gasteiger partial charge in [0.2, 0.25) is 5.91 Å². The number of carbonyl (C=O) groups excluding carboxylic acids is 3. The van der Waals surface area contributed by atoms with Gasteiger partial charge in [-0.25, -0.2) is 9.37 Å². The molecule has 5 aromatic carbocycles. The Morgan fingerprint density at radius 1 is 0.827 bits per heavy atom. The van der Waals surface area contributed by atoms with Gasteiger partial charge in [0.25, 0.3) is 17.5 Å². The minimum atomic E-state index is -0.737. The number of carbonyl (C=O) groups is 3. The highest BCUT2D eigenvalue weighted by Crippen LogP contribution is 2.38. The molecule has 6 aromatic rings. The number of nitrogens with one attached hydrogen (secondary N) is 3. The van der Waals surface area contributed by atoms with Gasteiger partial charge < -0.3 is 16.0 Å². The minimum absolute atomic E-state index is 0.0654. The second-order valence-corrected chi connectivity index (χ2v) is 13.2. The maximum absolute atomic E-state index is 14.6. The lowest BCUT2D eigenvalue weighted by Crippen LogP contribution is -2.30. The molecule has 0 fully saturated rings. The quantitative estimate of drug-likeness (QED) is 0.0495. The molecule has 3 amide bonds. The number of rotatable bonds is 12. The zero-order valence-corrected chi connectivity index (χ0v) is 28.7. The maximum Gasteiger partial charge on any atom is 0.272 e. The topological polar surface area (TPSA) is 143 Å². The number of hydrogen-bond acceptors (Lipinski definition) is 8. The monoisotopic (exact) mass is 729 g/mol. The Hall–Kier alpha value is -6.44. The molecule has 3 N–H and O–H groups in total. The first kappa shape index (κ1) is 35.4. The van der Waals surface area contributed by atoms with Crippen LogP contribution in [0.3, 0.4) is 0 Å². The Bertz CT molecular complexity index is 2280. The predicted molar refractivity (Wildman–Crippen MR) is 201 cm³/mol. The van der Waals surface area contributed by atoms with E-state index in [9.17, 15) is 28.9 Å². The Morgan fingerprint density at radius 2 is 1.54 bits per heavy atom. The SMILES string of the molecule is O=C(Nc1cccc(SC(C(=O)Nc2nc(-c3cccc([N+](=O)[O-])c3)cs2)c2ccccc2)c1)/C(=C/c1ccccc1F)NC(=O)c1ccccc1. The van der Waals surface area contributed by atoms with Crippen LogP contribution in [0.2, 0.25) is 0 Å². The number of amides is 3. The number of nitro groups is 1. The number of non-ortho nitro benzene ring substituents is 1. The summed E-state index contributed by atoms with van der Waals surface area (Å²) in [6.45, 7) is 0. The van der Waals surface area contributed by atoms with Crippen LogP contribution in [-0.2, 0) is 9.59 Å². The molecule has 0 spiro atoms. The molecule has 0 radical (unpaired) electrons. The molecule has 6 rings (SSSR count). The number of thioether (sulfide) groups is 1. The smallest absolute Gasteiger partial charge is 0.272 e. The molecule has 1 atom stereocenters. The lowest BCUT2D eigenvalue weighted by atomic mass is 10.1. The lowest BCUT2D eigenvalue weighted by molar-refractivity contribution is -0.384. The van der Waals surface area contributed by atoms with Crippen LogP contribution in [0.25, 0.3) is 17.3 Å². The minimum Gasteiger partial charge on any atom is -0.321 e. The van der Waals surface area contributed by atoms with Crippen molar-refractivity contribution < 1.29 is 23.7 Å². The Labute approximate surface area is 305 Å². The molecule has 0 saturated heterocycles. The first-order valence-corrected chi connectivity index (χ1v) is 17.5. The van der Waals surface area contributed by atoms with Crippen LogP contribution >= 0.6 is 23.1 Å². The fourth-order valence-electron chi connectivity index (χ4n) is 4.99. The van der Waals surface area contributed by atoms with Crippen molar-refractivity contribution in [3.8, 4) is 11.3 Å². The van der Waals surface area contributed by atoms with E-state index in [-0.39, 0.29) is 22.9 Å². The van der Waals surface area contributed by atoms with Crippen LogP contribution in [0.5, 0.6) is 0 Å².